The van der Waals surface area contributed by atoms with Crippen molar-refractivity contribution < 1.29 is 9.53 Å². The smallest absolute Gasteiger partial charge is 0.252 e. The molecule has 1 amide bonds. The molecule has 0 aliphatic rings. The number of carbonyl (C=O) groups excluding carboxylic acids is 1. The molecule has 1 heterocycles. The number of rotatable bonds is 6. The van der Waals surface area contributed by atoms with Crippen LogP contribution in [0.25, 0.3) is 0 Å². The molecule has 0 fully saturated rings. The van der Waals surface area contributed by atoms with Crippen molar-refractivity contribution in [2.75, 3.05) is 0 Å². The lowest BCUT2D eigenvalue weighted by atomic mass is 10.1. The van der Waals surface area contributed by atoms with Crippen LogP contribution in [0.4, 0.5) is 0 Å². The molecular weight excluding hydrogens is 290 g/mol. The molecule has 0 aliphatic carbocycles. The first kappa shape index (κ1) is 16.5. The van der Waals surface area contributed by atoms with E-state index in [9.17, 15) is 4.79 Å². The predicted molar refractivity (Wildman–Crippen MR) is 86.9 cm³/mol. The molecule has 118 valence electrons. The Morgan fingerprint density at radius 2 is 2.22 bits per heavy atom. The van der Waals surface area contributed by atoms with E-state index < -0.39 is 6.04 Å². The van der Waals surface area contributed by atoms with E-state index >= 15 is 0 Å². The summed E-state index contributed by atoms with van der Waals surface area (Å²) in [7, 11) is 0. The molecule has 0 spiro atoms. The number of aryl methyl sites for hydroxylation is 1. The minimum absolute atomic E-state index is 0.253. The van der Waals surface area contributed by atoms with E-state index in [1.54, 1.807) is 24.4 Å². The number of amides is 1. The molecule has 0 unspecified atom stereocenters. The molecule has 1 aromatic carbocycles. The van der Waals surface area contributed by atoms with Crippen LogP contribution in [-0.4, -0.2) is 16.9 Å². The third-order valence-electron chi connectivity index (χ3n) is 3.35. The van der Waals surface area contributed by atoms with Crippen LogP contribution in [0.15, 0.2) is 42.6 Å². The predicted octanol–water partition coefficient (Wildman–Crippen LogP) is 3.00. The van der Waals surface area contributed by atoms with Gasteiger partial charge < -0.3 is 10.1 Å². The van der Waals surface area contributed by atoms with Crippen LogP contribution in [0.1, 0.15) is 35.0 Å². The molecule has 1 atom stereocenters. The zero-order valence-electron chi connectivity index (χ0n) is 13.2. The van der Waals surface area contributed by atoms with Gasteiger partial charge in [0.1, 0.15) is 18.4 Å². The molecule has 0 saturated heterocycles. The van der Waals surface area contributed by atoms with Crippen molar-refractivity contribution in [2.24, 2.45) is 0 Å². The number of hydrogen-bond donors (Lipinski definition) is 1. The van der Waals surface area contributed by atoms with Gasteiger partial charge in [-0.25, -0.2) is 0 Å². The Kier molecular flexibility index (Phi) is 5.70. The lowest BCUT2D eigenvalue weighted by Crippen LogP contribution is -2.33. The van der Waals surface area contributed by atoms with Crippen molar-refractivity contribution in [2.45, 2.75) is 32.9 Å². The van der Waals surface area contributed by atoms with Crippen LogP contribution in [0.2, 0.25) is 0 Å². The fraction of sp³-hybridized carbons (Fsp3) is 0.278. The highest BCUT2D eigenvalue weighted by atomic mass is 16.5. The fourth-order valence-electron chi connectivity index (χ4n) is 1.98. The normalized spacial score (nSPS) is 11.3. The highest BCUT2D eigenvalue weighted by Crippen LogP contribution is 2.13. The molecule has 23 heavy (non-hydrogen) atoms. The average molecular weight is 309 g/mol. The summed E-state index contributed by atoms with van der Waals surface area (Å²) in [6, 6.07) is 12.5. The lowest BCUT2D eigenvalue weighted by molar-refractivity contribution is 0.0944. The van der Waals surface area contributed by atoms with Crippen LogP contribution in [-0.2, 0) is 6.61 Å². The van der Waals surface area contributed by atoms with Gasteiger partial charge >= 0.3 is 0 Å². The topological polar surface area (TPSA) is 75.0 Å². The summed E-state index contributed by atoms with van der Waals surface area (Å²) in [5, 5.41) is 11.6. The van der Waals surface area contributed by atoms with Gasteiger partial charge in [0, 0.05) is 11.3 Å². The SMILES string of the molecule is CC[C@@H](C#N)NC(=O)c1cccc(COc2ccc(C)nc2)c1. The largest absolute Gasteiger partial charge is 0.487 e. The van der Waals surface area contributed by atoms with E-state index in [1.165, 1.54) is 0 Å². The average Bonchev–Trinajstić information content (AvgIpc) is 2.59. The summed E-state index contributed by atoms with van der Waals surface area (Å²) in [4.78, 5) is 16.3. The maximum absolute atomic E-state index is 12.1. The Hall–Kier alpha value is -2.87. The van der Waals surface area contributed by atoms with Gasteiger partial charge in [0.05, 0.1) is 12.3 Å². The minimum atomic E-state index is -0.471. The first-order chi connectivity index (χ1) is 11.1. The number of nitrogens with one attached hydrogen (secondary N) is 1. The molecule has 0 saturated carbocycles. The highest BCUT2D eigenvalue weighted by molar-refractivity contribution is 5.94. The number of ether oxygens (including phenoxy) is 1. The van der Waals surface area contributed by atoms with Crippen LogP contribution < -0.4 is 10.1 Å². The maximum Gasteiger partial charge on any atom is 0.252 e. The van der Waals surface area contributed by atoms with E-state index in [4.69, 9.17) is 10.00 Å². The Bertz CT molecular complexity index is 705. The zero-order chi connectivity index (χ0) is 16.7. The van der Waals surface area contributed by atoms with E-state index in [2.05, 4.69) is 16.4 Å². The molecule has 5 heteroatoms. The van der Waals surface area contributed by atoms with E-state index in [0.29, 0.717) is 24.3 Å². The van der Waals surface area contributed by atoms with Crippen molar-refractivity contribution in [3.8, 4) is 11.8 Å². The van der Waals surface area contributed by atoms with Gasteiger partial charge in [0.25, 0.3) is 5.91 Å². The van der Waals surface area contributed by atoms with Crippen molar-refractivity contribution in [3.05, 3.63) is 59.4 Å². The van der Waals surface area contributed by atoms with E-state index in [0.717, 1.165) is 11.3 Å². The monoisotopic (exact) mass is 309 g/mol. The molecule has 0 bridgehead atoms. The third-order valence-corrected chi connectivity index (χ3v) is 3.35. The molecule has 0 aliphatic heterocycles. The minimum Gasteiger partial charge on any atom is -0.487 e. The third kappa shape index (κ3) is 4.82. The standard InChI is InChI=1S/C18H19N3O2/c1-3-16(10-19)21-18(22)15-6-4-5-14(9-15)12-23-17-8-7-13(2)20-11-17/h4-9,11,16H,3,12H2,1-2H3,(H,21,22)/t16-/m0/s1. The molecule has 2 aromatic rings. The van der Waals surface area contributed by atoms with E-state index in [-0.39, 0.29) is 5.91 Å². The molecular formula is C18H19N3O2. The molecule has 0 radical (unpaired) electrons. The van der Waals surface area contributed by atoms with Crippen molar-refractivity contribution >= 4 is 5.91 Å². The first-order valence-corrected chi connectivity index (χ1v) is 7.47. The number of pyridine rings is 1. The second-order valence-electron chi connectivity index (χ2n) is 5.19. The Morgan fingerprint density at radius 1 is 1.39 bits per heavy atom. The molecule has 1 N–H and O–H groups in total. The summed E-state index contributed by atoms with van der Waals surface area (Å²) in [6.45, 7) is 4.12. The maximum atomic E-state index is 12.1. The van der Waals surface area contributed by atoms with Crippen molar-refractivity contribution in [1.29, 1.82) is 5.26 Å². The van der Waals surface area contributed by atoms with Crippen LogP contribution in [0.5, 0.6) is 5.75 Å². The van der Waals surface area contributed by atoms with Gasteiger partial charge in [0.15, 0.2) is 0 Å². The van der Waals surface area contributed by atoms with Gasteiger partial charge in [-0.3, -0.25) is 9.78 Å². The van der Waals surface area contributed by atoms with Crippen LogP contribution >= 0.6 is 0 Å². The number of nitriles is 1. The molecule has 2 rings (SSSR count). The molecule has 1 aromatic heterocycles. The van der Waals surface area contributed by atoms with Gasteiger partial charge in [-0.05, 0) is 43.2 Å². The number of carbonyl (C=O) groups is 1. The number of hydrogen-bond acceptors (Lipinski definition) is 4. The Morgan fingerprint density at radius 3 is 2.87 bits per heavy atom. The van der Waals surface area contributed by atoms with Gasteiger partial charge in [-0.15, -0.1) is 0 Å². The zero-order valence-corrected chi connectivity index (χ0v) is 13.2. The summed E-state index contributed by atoms with van der Waals surface area (Å²) in [5.74, 6) is 0.429. The Balaban J connectivity index is 2.00. The summed E-state index contributed by atoms with van der Waals surface area (Å²) in [5.41, 5.74) is 2.32. The number of nitrogens with zero attached hydrogens (tertiary/aromatic N) is 2. The van der Waals surface area contributed by atoms with Gasteiger partial charge in [-0.2, -0.15) is 5.26 Å². The second kappa shape index (κ2) is 7.95. The molecule has 5 nitrogen and oxygen atoms in total. The van der Waals surface area contributed by atoms with Gasteiger partial charge in [-0.1, -0.05) is 19.1 Å². The number of aromatic nitrogens is 1. The lowest BCUT2D eigenvalue weighted by Gasteiger charge is -2.10. The second-order valence-corrected chi connectivity index (χ2v) is 5.19. The van der Waals surface area contributed by atoms with Gasteiger partial charge in [0.2, 0.25) is 0 Å². The summed E-state index contributed by atoms with van der Waals surface area (Å²) < 4.78 is 5.66. The Labute approximate surface area is 135 Å². The summed E-state index contributed by atoms with van der Waals surface area (Å²) >= 11 is 0. The van der Waals surface area contributed by atoms with Crippen LogP contribution in [0.3, 0.4) is 0 Å². The van der Waals surface area contributed by atoms with Crippen molar-refractivity contribution in [3.63, 3.8) is 0 Å². The van der Waals surface area contributed by atoms with Crippen molar-refractivity contribution in [1.82, 2.24) is 10.3 Å². The summed E-state index contributed by atoms with van der Waals surface area (Å²) in [6.07, 6.45) is 2.25. The fourth-order valence-corrected chi connectivity index (χ4v) is 1.98. The number of benzene rings is 1. The first-order valence-electron chi connectivity index (χ1n) is 7.47. The van der Waals surface area contributed by atoms with E-state index in [1.807, 2.05) is 32.0 Å². The highest BCUT2D eigenvalue weighted by Gasteiger charge is 2.11. The quantitative estimate of drug-likeness (QED) is 0.890. The van der Waals surface area contributed by atoms with Crippen LogP contribution in [0, 0.1) is 18.3 Å².